The van der Waals surface area contributed by atoms with Crippen molar-refractivity contribution in [1.82, 2.24) is 4.90 Å². The number of para-hydroxylation sites is 1. The van der Waals surface area contributed by atoms with Crippen molar-refractivity contribution >= 4 is 17.6 Å². The Morgan fingerprint density at radius 1 is 1.22 bits per heavy atom. The molecule has 0 heterocycles. The van der Waals surface area contributed by atoms with Gasteiger partial charge in [0, 0.05) is 31.3 Å². The van der Waals surface area contributed by atoms with Gasteiger partial charge in [-0.05, 0) is 20.3 Å². The molecule has 0 saturated carbocycles. The predicted molar refractivity (Wildman–Crippen MR) is 100 cm³/mol. The van der Waals surface area contributed by atoms with Gasteiger partial charge in [0.2, 0.25) is 5.91 Å². The van der Waals surface area contributed by atoms with Crippen LogP contribution in [-0.2, 0) is 25.5 Å². The normalized spacial score (nSPS) is 11.9. The third-order valence-corrected chi connectivity index (χ3v) is 4.00. The van der Waals surface area contributed by atoms with Crippen LogP contribution in [0, 0.1) is 16.0 Å². The Kier molecular flexibility index (Phi) is 9.42. The van der Waals surface area contributed by atoms with Gasteiger partial charge < -0.3 is 14.4 Å². The number of rotatable bonds is 11. The number of hydrogen-bond acceptors (Lipinski definition) is 6. The maximum Gasteiger partial charge on any atom is 0.310 e. The summed E-state index contributed by atoms with van der Waals surface area (Å²) in [5.74, 6) is -1.17. The van der Waals surface area contributed by atoms with Crippen LogP contribution in [0.25, 0.3) is 0 Å². The van der Waals surface area contributed by atoms with Gasteiger partial charge in [-0.1, -0.05) is 25.1 Å². The number of nitrogens with zero attached hydrogens (tertiary/aromatic N) is 2. The molecule has 8 nitrogen and oxygen atoms in total. The fraction of sp³-hybridized carbons (Fsp3) is 0.579. The highest BCUT2D eigenvalue weighted by atomic mass is 16.6. The fourth-order valence-corrected chi connectivity index (χ4v) is 2.61. The number of nitro groups is 1. The summed E-state index contributed by atoms with van der Waals surface area (Å²) in [5, 5.41) is 11.2. The molecule has 1 aromatic carbocycles. The molecule has 0 N–H and O–H groups in total. The van der Waals surface area contributed by atoms with E-state index in [4.69, 9.17) is 9.47 Å². The highest BCUT2D eigenvalue weighted by Crippen LogP contribution is 2.19. The number of benzene rings is 1. The lowest BCUT2D eigenvalue weighted by molar-refractivity contribution is -0.385. The van der Waals surface area contributed by atoms with E-state index in [2.05, 4.69) is 0 Å². The Morgan fingerprint density at radius 3 is 2.48 bits per heavy atom. The lowest BCUT2D eigenvalue weighted by Crippen LogP contribution is -2.39. The molecule has 0 fully saturated rings. The minimum Gasteiger partial charge on any atom is -0.469 e. The molecule has 8 heteroatoms. The van der Waals surface area contributed by atoms with E-state index in [1.807, 2.05) is 13.8 Å². The van der Waals surface area contributed by atoms with E-state index >= 15 is 0 Å². The maximum atomic E-state index is 12.8. The minimum atomic E-state index is -0.500. The van der Waals surface area contributed by atoms with Crippen molar-refractivity contribution in [3.05, 3.63) is 39.9 Å². The van der Waals surface area contributed by atoms with E-state index in [1.54, 1.807) is 30.0 Å². The molecule has 0 radical (unpaired) electrons. The van der Waals surface area contributed by atoms with Gasteiger partial charge >= 0.3 is 5.97 Å². The van der Waals surface area contributed by atoms with Gasteiger partial charge in [0.15, 0.2) is 0 Å². The average molecular weight is 380 g/mol. The zero-order valence-electron chi connectivity index (χ0n) is 16.3. The molecule has 0 bridgehead atoms. The fourth-order valence-electron chi connectivity index (χ4n) is 2.61. The van der Waals surface area contributed by atoms with E-state index in [-0.39, 0.29) is 30.7 Å². The number of hydrogen-bond donors (Lipinski definition) is 0. The van der Waals surface area contributed by atoms with Gasteiger partial charge in [-0.2, -0.15) is 0 Å². The Balaban J connectivity index is 2.84. The second-order valence-electron chi connectivity index (χ2n) is 6.60. The number of nitro benzene ring substituents is 1. The van der Waals surface area contributed by atoms with Gasteiger partial charge in [0.25, 0.3) is 5.69 Å². The number of methoxy groups -OCH3 is 1. The Labute approximate surface area is 159 Å². The number of esters is 1. The lowest BCUT2D eigenvalue weighted by Gasteiger charge is -2.25. The molecule has 1 unspecified atom stereocenters. The topological polar surface area (TPSA) is 99.0 Å². The second kappa shape index (κ2) is 11.3. The minimum absolute atomic E-state index is 0.0880. The largest absolute Gasteiger partial charge is 0.469 e. The first-order valence-electron chi connectivity index (χ1n) is 8.95. The van der Waals surface area contributed by atoms with Crippen molar-refractivity contribution in [1.29, 1.82) is 0 Å². The zero-order valence-corrected chi connectivity index (χ0v) is 16.3. The maximum absolute atomic E-state index is 12.8. The van der Waals surface area contributed by atoms with Crippen LogP contribution in [0.15, 0.2) is 24.3 Å². The van der Waals surface area contributed by atoms with Gasteiger partial charge in [-0.15, -0.1) is 0 Å². The molecule has 0 saturated heterocycles. The first-order chi connectivity index (χ1) is 12.8. The summed E-state index contributed by atoms with van der Waals surface area (Å²) in [6.45, 7) is 6.61. The molecule has 1 atom stereocenters. The van der Waals surface area contributed by atoms with E-state index in [0.29, 0.717) is 25.1 Å². The number of amides is 1. The molecule has 1 amide bonds. The Hall–Kier alpha value is -2.48. The number of carbonyl (C=O) groups is 2. The zero-order chi connectivity index (χ0) is 20.4. The van der Waals surface area contributed by atoms with Crippen LogP contribution in [0.3, 0.4) is 0 Å². The molecule has 0 aromatic heterocycles. The van der Waals surface area contributed by atoms with Crippen molar-refractivity contribution in [2.24, 2.45) is 5.92 Å². The third-order valence-electron chi connectivity index (χ3n) is 4.00. The summed E-state index contributed by atoms with van der Waals surface area (Å²) >= 11 is 0. The Morgan fingerprint density at radius 2 is 1.89 bits per heavy atom. The molecule has 0 aliphatic rings. The van der Waals surface area contributed by atoms with Crippen LogP contribution in [-0.4, -0.2) is 54.6 Å². The van der Waals surface area contributed by atoms with Gasteiger partial charge in [-0.3, -0.25) is 19.7 Å². The van der Waals surface area contributed by atoms with Crippen LogP contribution >= 0.6 is 0 Å². The molecule has 0 aliphatic heterocycles. The standard InChI is InChI=1S/C19H28N2O6/c1-14(2)27-11-7-10-20(13-15(3)19(23)26-4)18(22)12-16-8-5-6-9-17(16)21(24)25/h5-6,8-9,14-15H,7,10-13H2,1-4H3. The smallest absolute Gasteiger partial charge is 0.310 e. The molecule has 1 rings (SSSR count). The lowest BCUT2D eigenvalue weighted by atomic mass is 10.1. The summed E-state index contributed by atoms with van der Waals surface area (Å²) in [6, 6.07) is 6.17. The second-order valence-corrected chi connectivity index (χ2v) is 6.60. The van der Waals surface area contributed by atoms with Crippen LogP contribution in [0.1, 0.15) is 32.8 Å². The van der Waals surface area contributed by atoms with E-state index in [0.717, 1.165) is 0 Å². The van der Waals surface area contributed by atoms with Crippen molar-refractivity contribution in [2.45, 2.75) is 39.7 Å². The summed E-state index contributed by atoms with van der Waals surface area (Å²) in [7, 11) is 1.30. The van der Waals surface area contributed by atoms with Gasteiger partial charge in [0.05, 0.1) is 30.5 Å². The quantitative estimate of drug-likeness (QED) is 0.253. The third kappa shape index (κ3) is 7.74. The monoisotopic (exact) mass is 380 g/mol. The molecule has 1 aromatic rings. The first-order valence-corrected chi connectivity index (χ1v) is 8.95. The van der Waals surface area contributed by atoms with Crippen molar-refractivity contribution < 1.29 is 24.0 Å². The first kappa shape index (κ1) is 22.6. The molecule has 150 valence electrons. The highest BCUT2D eigenvalue weighted by molar-refractivity contribution is 5.81. The van der Waals surface area contributed by atoms with Gasteiger partial charge in [0.1, 0.15) is 0 Å². The predicted octanol–water partition coefficient (Wildman–Crippen LogP) is 2.59. The SMILES string of the molecule is COC(=O)C(C)CN(CCCOC(C)C)C(=O)Cc1ccccc1[N+](=O)[O-]. The van der Waals surface area contributed by atoms with Crippen LogP contribution in [0.5, 0.6) is 0 Å². The van der Waals surface area contributed by atoms with Crippen molar-refractivity contribution in [3.8, 4) is 0 Å². The molecular formula is C19H28N2O6. The number of ether oxygens (including phenoxy) is 2. The van der Waals surface area contributed by atoms with Crippen molar-refractivity contribution in [3.63, 3.8) is 0 Å². The number of carbonyl (C=O) groups excluding carboxylic acids is 2. The van der Waals surface area contributed by atoms with Gasteiger partial charge in [-0.25, -0.2) is 0 Å². The van der Waals surface area contributed by atoms with E-state index in [1.165, 1.54) is 13.2 Å². The van der Waals surface area contributed by atoms with Crippen LogP contribution in [0.4, 0.5) is 5.69 Å². The summed E-state index contributed by atoms with van der Waals surface area (Å²) in [5.41, 5.74) is 0.261. The van der Waals surface area contributed by atoms with Crippen LogP contribution in [0.2, 0.25) is 0 Å². The van der Waals surface area contributed by atoms with Crippen molar-refractivity contribution in [2.75, 3.05) is 26.8 Å². The van der Waals surface area contributed by atoms with E-state index in [9.17, 15) is 19.7 Å². The Bertz CT molecular complexity index is 647. The summed E-state index contributed by atoms with van der Waals surface area (Å²) in [6.07, 6.45) is 0.597. The summed E-state index contributed by atoms with van der Waals surface area (Å²) in [4.78, 5) is 36.7. The van der Waals surface area contributed by atoms with Crippen LogP contribution < -0.4 is 0 Å². The average Bonchev–Trinajstić information content (AvgIpc) is 2.63. The molecule has 0 aliphatic carbocycles. The molecule has 27 heavy (non-hydrogen) atoms. The van der Waals surface area contributed by atoms with E-state index < -0.39 is 16.8 Å². The molecular weight excluding hydrogens is 352 g/mol. The highest BCUT2D eigenvalue weighted by Gasteiger charge is 2.23. The molecule has 0 spiro atoms. The summed E-state index contributed by atoms with van der Waals surface area (Å²) < 4.78 is 10.2.